The lowest BCUT2D eigenvalue weighted by Gasteiger charge is -2.25. The van der Waals surface area contributed by atoms with E-state index in [1.807, 2.05) is 0 Å². The predicted octanol–water partition coefficient (Wildman–Crippen LogP) is -1.14. The fourth-order valence-corrected chi connectivity index (χ4v) is 4.18. The zero-order valence-electron chi connectivity index (χ0n) is 23.0. The second-order valence-corrected chi connectivity index (χ2v) is 9.85. The minimum Gasteiger partial charge on any atom is -0.508 e. The van der Waals surface area contributed by atoms with Gasteiger partial charge in [0.05, 0.1) is 18.7 Å². The van der Waals surface area contributed by atoms with Crippen molar-refractivity contribution in [3.05, 3.63) is 66.3 Å². The number of carboxylic acid groups (broad SMARTS) is 1. The number of carboxylic acids is 1. The number of rotatable bonds is 17. The number of hydrogen-bond donors (Lipinski definition) is 9. The number of aromatic amines is 2. The summed E-state index contributed by atoms with van der Waals surface area (Å²) in [4.78, 5) is 65.3. The van der Waals surface area contributed by atoms with E-state index >= 15 is 0 Å². The average Bonchev–Trinajstić information content (AvgIpc) is 3.67. The molecular weight excluding hydrogens is 546 g/mol. The number of imidazole rings is 2. The molecule has 11 N–H and O–H groups in total. The maximum Gasteiger partial charge on any atom is 0.326 e. The summed E-state index contributed by atoms with van der Waals surface area (Å²) in [6.07, 6.45) is 7.47. The van der Waals surface area contributed by atoms with Crippen LogP contribution in [0.3, 0.4) is 0 Å². The van der Waals surface area contributed by atoms with Crippen molar-refractivity contribution < 1.29 is 29.4 Å². The van der Waals surface area contributed by atoms with Crippen molar-refractivity contribution in [2.24, 2.45) is 11.5 Å². The summed E-state index contributed by atoms with van der Waals surface area (Å²) in [5.41, 5.74) is 13.2. The van der Waals surface area contributed by atoms with Gasteiger partial charge in [-0.1, -0.05) is 18.6 Å². The standard InChI is InChI=1S/C27H37N9O6/c28-8-2-1-3-20(29)24(38)34-21(10-17-12-30-14-32-17)25(39)35-22(11-18-13-31-15-33-18)26(40)36-23(27(41)42)9-16-4-6-19(37)7-5-16/h4-7,12-15,20-23,37H,1-3,8-11,28-29H2,(H,30,32)(H,31,33)(H,34,38)(H,35,39)(H,36,40)(H,41,42). The largest absolute Gasteiger partial charge is 0.508 e. The van der Waals surface area contributed by atoms with E-state index in [0.717, 1.165) is 0 Å². The molecule has 0 aliphatic rings. The molecule has 4 unspecified atom stereocenters. The molecular formula is C27H37N9O6. The number of amides is 3. The molecule has 15 nitrogen and oxygen atoms in total. The second-order valence-electron chi connectivity index (χ2n) is 9.85. The Morgan fingerprint density at radius 2 is 1.31 bits per heavy atom. The Morgan fingerprint density at radius 3 is 1.79 bits per heavy atom. The van der Waals surface area contributed by atoms with Gasteiger partial charge in [0, 0.05) is 43.0 Å². The first-order chi connectivity index (χ1) is 20.2. The number of H-pyrrole nitrogens is 2. The van der Waals surface area contributed by atoms with Crippen molar-refractivity contribution in [2.45, 2.75) is 62.7 Å². The molecule has 0 saturated carbocycles. The molecule has 2 aromatic heterocycles. The molecule has 3 rings (SSSR count). The highest BCUT2D eigenvalue weighted by molar-refractivity contribution is 5.94. The van der Waals surface area contributed by atoms with Crippen molar-refractivity contribution in [1.29, 1.82) is 0 Å². The number of aromatic nitrogens is 4. The van der Waals surface area contributed by atoms with Gasteiger partial charge in [0.15, 0.2) is 0 Å². The molecule has 3 aromatic rings. The van der Waals surface area contributed by atoms with Crippen molar-refractivity contribution in [3.8, 4) is 5.75 Å². The van der Waals surface area contributed by atoms with E-state index in [2.05, 4.69) is 35.9 Å². The molecule has 4 atom stereocenters. The molecule has 226 valence electrons. The summed E-state index contributed by atoms with van der Waals surface area (Å²) >= 11 is 0. The first-order valence-electron chi connectivity index (χ1n) is 13.5. The number of nitrogens with zero attached hydrogens (tertiary/aromatic N) is 2. The van der Waals surface area contributed by atoms with Crippen LogP contribution in [0.15, 0.2) is 49.3 Å². The van der Waals surface area contributed by atoms with Crippen LogP contribution in [0.1, 0.15) is 36.2 Å². The van der Waals surface area contributed by atoms with Crippen LogP contribution in [0, 0.1) is 0 Å². The van der Waals surface area contributed by atoms with Gasteiger partial charge in [-0.3, -0.25) is 14.4 Å². The van der Waals surface area contributed by atoms with E-state index < -0.39 is 47.9 Å². The van der Waals surface area contributed by atoms with Gasteiger partial charge < -0.3 is 47.6 Å². The third kappa shape index (κ3) is 10.0. The molecule has 2 heterocycles. The molecule has 1 aromatic carbocycles. The van der Waals surface area contributed by atoms with Gasteiger partial charge in [-0.25, -0.2) is 14.8 Å². The number of carbonyl (C=O) groups is 4. The Kier molecular flexibility index (Phi) is 12.0. The number of nitrogens with two attached hydrogens (primary N) is 2. The third-order valence-corrected chi connectivity index (χ3v) is 6.52. The van der Waals surface area contributed by atoms with Gasteiger partial charge in [0.2, 0.25) is 17.7 Å². The number of phenolic OH excluding ortho intramolecular Hbond substituents is 1. The maximum atomic E-state index is 13.5. The molecule has 0 spiro atoms. The minimum absolute atomic E-state index is 0.0188. The lowest BCUT2D eigenvalue weighted by molar-refractivity contribution is -0.142. The highest BCUT2D eigenvalue weighted by atomic mass is 16.4. The van der Waals surface area contributed by atoms with E-state index in [4.69, 9.17) is 11.5 Å². The van der Waals surface area contributed by atoms with Crippen LogP contribution < -0.4 is 27.4 Å². The number of aromatic hydroxyl groups is 1. The lowest BCUT2D eigenvalue weighted by Crippen LogP contribution is -2.58. The smallest absolute Gasteiger partial charge is 0.326 e. The molecule has 15 heteroatoms. The fourth-order valence-electron chi connectivity index (χ4n) is 4.18. The number of phenols is 1. The Labute approximate surface area is 241 Å². The summed E-state index contributed by atoms with van der Waals surface area (Å²) in [6.45, 7) is 0.469. The Bertz CT molecular complexity index is 1280. The number of hydrogen-bond acceptors (Lipinski definition) is 9. The Morgan fingerprint density at radius 1 is 0.786 bits per heavy atom. The zero-order chi connectivity index (χ0) is 30.5. The van der Waals surface area contributed by atoms with Gasteiger partial charge in [0.1, 0.15) is 23.9 Å². The van der Waals surface area contributed by atoms with E-state index in [0.29, 0.717) is 42.8 Å². The number of unbranched alkanes of at least 4 members (excludes halogenated alkanes) is 1. The molecule has 0 aliphatic heterocycles. The van der Waals surface area contributed by atoms with Crippen LogP contribution in [0.2, 0.25) is 0 Å². The van der Waals surface area contributed by atoms with E-state index in [-0.39, 0.29) is 25.0 Å². The Hall–Kier alpha value is -4.76. The van der Waals surface area contributed by atoms with Crippen LogP contribution in [0.5, 0.6) is 5.75 Å². The molecule has 0 fully saturated rings. The minimum atomic E-state index is -1.32. The number of nitrogens with one attached hydrogen (secondary N) is 5. The summed E-state index contributed by atoms with van der Waals surface area (Å²) < 4.78 is 0. The molecule has 0 aliphatic carbocycles. The molecule has 0 bridgehead atoms. The first-order valence-corrected chi connectivity index (χ1v) is 13.5. The van der Waals surface area contributed by atoms with Crippen LogP contribution in [0.4, 0.5) is 0 Å². The summed E-state index contributed by atoms with van der Waals surface area (Å²) in [6, 6.07) is 1.38. The van der Waals surface area contributed by atoms with Crippen molar-refractivity contribution in [1.82, 2.24) is 35.9 Å². The molecule has 3 amide bonds. The van der Waals surface area contributed by atoms with Crippen LogP contribution in [-0.4, -0.2) is 84.6 Å². The molecule has 42 heavy (non-hydrogen) atoms. The lowest BCUT2D eigenvalue weighted by atomic mass is 10.0. The predicted molar refractivity (Wildman–Crippen MR) is 151 cm³/mol. The van der Waals surface area contributed by atoms with E-state index in [1.165, 1.54) is 37.2 Å². The van der Waals surface area contributed by atoms with Crippen molar-refractivity contribution in [2.75, 3.05) is 6.54 Å². The average molecular weight is 584 g/mol. The first kappa shape index (κ1) is 31.8. The fraction of sp³-hybridized carbons (Fsp3) is 0.407. The quantitative estimate of drug-likeness (QED) is 0.0863. The topological polar surface area (TPSA) is 254 Å². The summed E-state index contributed by atoms with van der Waals surface area (Å²) in [7, 11) is 0. The monoisotopic (exact) mass is 583 g/mol. The van der Waals surface area contributed by atoms with Gasteiger partial charge in [-0.05, 0) is 37.1 Å². The van der Waals surface area contributed by atoms with Gasteiger partial charge in [0.25, 0.3) is 0 Å². The van der Waals surface area contributed by atoms with Crippen LogP contribution in [0.25, 0.3) is 0 Å². The van der Waals surface area contributed by atoms with E-state index in [1.54, 1.807) is 12.1 Å². The summed E-state index contributed by atoms with van der Waals surface area (Å²) in [5, 5.41) is 27.1. The Balaban J connectivity index is 1.77. The second kappa shape index (κ2) is 15.9. The number of carbonyl (C=O) groups excluding carboxylic acids is 3. The highest BCUT2D eigenvalue weighted by Gasteiger charge is 2.31. The van der Waals surface area contributed by atoms with Gasteiger partial charge >= 0.3 is 5.97 Å². The number of aliphatic carboxylic acids is 1. The summed E-state index contributed by atoms with van der Waals surface area (Å²) in [5.74, 6) is -3.24. The maximum absolute atomic E-state index is 13.5. The molecule has 0 saturated heterocycles. The zero-order valence-corrected chi connectivity index (χ0v) is 23.0. The normalized spacial score (nSPS) is 13.9. The third-order valence-electron chi connectivity index (χ3n) is 6.52. The van der Waals surface area contributed by atoms with Crippen LogP contribution in [-0.2, 0) is 38.4 Å². The number of benzene rings is 1. The highest BCUT2D eigenvalue weighted by Crippen LogP contribution is 2.12. The molecule has 0 radical (unpaired) electrons. The SMILES string of the molecule is NCCCCC(N)C(=O)NC(Cc1cnc[nH]1)C(=O)NC(Cc1cnc[nH]1)C(=O)NC(Cc1ccc(O)cc1)C(=O)O. The van der Waals surface area contributed by atoms with Crippen molar-refractivity contribution in [3.63, 3.8) is 0 Å². The van der Waals surface area contributed by atoms with Gasteiger partial charge in [-0.2, -0.15) is 0 Å². The van der Waals surface area contributed by atoms with E-state index in [9.17, 15) is 29.4 Å². The van der Waals surface area contributed by atoms with Crippen LogP contribution >= 0.6 is 0 Å². The van der Waals surface area contributed by atoms with Gasteiger partial charge in [-0.15, -0.1) is 0 Å². The van der Waals surface area contributed by atoms with Crippen molar-refractivity contribution >= 4 is 23.7 Å².